The first kappa shape index (κ1) is 21.7. The summed E-state index contributed by atoms with van der Waals surface area (Å²) in [6, 6.07) is 10.5. The molecule has 0 saturated carbocycles. The number of nitro benzene ring substituents is 1. The highest BCUT2D eigenvalue weighted by Gasteiger charge is 2.30. The standard InChI is InChI=1S/C19H22N4O6S/c1-20-19(24)15-4-2-14(3-5-15)13-21-17-7-6-16(23(25)26)12-18(17)30(27,28)22-8-10-29-11-9-22/h2-7,12,21H,8-11,13H2,1H3,(H,20,24). The van der Waals surface area contributed by atoms with Gasteiger partial charge in [-0.05, 0) is 23.8 Å². The maximum atomic E-state index is 13.1. The summed E-state index contributed by atoms with van der Waals surface area (Å²) < 4.78 is 32.7. The molecule has 1 aliphatic rings. The maximum Gasteiger partial charge on any atom is 0.270 e. The molecule has 3 rings (SSSR count). The Kier molecular flexibility index (Phi) is 6.65. The predicted molar refractivity (Wildman–Crippen MR) is 110 cm³/mol. The molecule has 0 radical (unpaired) electrons. The molecule has 11 heteroatoms. The number of carbonyl (C=O) groups is 1. The van der Waals surface area contributed by atoms with E-state index in [1.54, 1.807) is 31.3 Å². The number of ether oxygens (including phenoxy) is 1. The first-order valence-electron chi connectivity index (χ1n) is 9.24. The van der Waals surface area contributed by atoms with Crippen LogP contribution in [0.4, 0.5) is 11.4 Å². The van der Waals surface area contributed by atoms with Gasteiger partial charge in [0.25, 0.3) is 11.6 Å². The Hall–Kier alpha value is -3.02. The Morgan fingerprint density at radius 3 is 2.43 bits per heavy atom. The molecule has 0 aliphatic carbocycles. The quantitative estimate of drug-likeness (QED) is 0.500. The number of nitrogens with zero attached hydrogens (tertiary/aromatic N) is 2. The molecule has 30 heavy (non-hydrogen) atoms. The number of rotatable bonds is 7. The van der Waals surface area contributed by atoms with Crippen molar-refractivity contribution in [3.05, 3.63) is 63.7 Å². The molecule has 1 saturated heterocycles. The largest absolute Gasteiger partial charge is 0.380 e. The third kappa shape index (κ3) is 4.75. The van der Waals surface area contributed by atoms with Crippen molar-refractivity contribution in [3.8, 4) is 0 Å². The molecule has 1 amide bonds. The lowest BCUT2D eigenvalue weighted by atomic mass is 10.1. The molecule has 0 spiro atoms. The van der Waals surface area contributed by atoms with Gasteiger partial charge in [0.2, 0.25) is 10.0 Å². The van der Waals surface area contributed by atoms with Crippen LogP contribution in [0.15, 0.2) is 47.4 Å². The second-order valence-electron chi connectivity index (χ2n) is 6.58. The van der Waals surface area contributed by atoms with Crippen LogP contribution >= 0.6 is 0 Å². The molecule has 1 fully saturated rings. The fourth-order valence-electron chi connectivity index (χ4n) is 3.03. The van der Waals surface area contributed by atoms with Crippen LogP contribution in [0.1, 0.15) is 15.9 Å². The van der Waals surface area contributed by atoms with Crippen LogP contribution in [0.2, 0.25) is 0 Å². The summed E-state index contributed by atoms with van der Waals surface area (Å²) in [4.78, 5) is 22.0. The minimum absolute atomic E-state index is 0.152. The van der Waals surface area contributed by atoms with Crippen LogP contribution in [0.3, 0.4) is 0 Å². The Bertz CT molecular complexity index is 1030. The SMILES string of the molecule is CNC(=O)c1ccc(CNc2ccc([N+](=O)[O-])cc2S(=O)(=O)N2CCOCC2)cc1. The summed E-state index contributed by atoms with van der Waals surface area (Å²) in [6.45, 7) is 1.19. The lowest BCUT2D eigenvalue weighted by Gasteiger charge is -2.27. The lowest BCUT2D eigenvalue weighted by Crippen LogP contribution is -2.40. The van der Waals surface area contributed by atoms with E-state index >= 15 is 0 Å². The fraction of sp³-hybridized carbons (Fsp3) is 0.316. The number of hydrogen-bond donors (Lipinski definition) is 2. The van der Waals surface area contributed by atoms with Crippen molar-refractivity contribution >= 4 is 27.3 Å². The molecule has 10 nitrogen and oxygen atoms in total. The molecule has 2 N–H and O–H groups in total. The van der Waals surface area contributed by atoms with Crippen molar-refractivity contribution in [1.82, 2.24) is 9.62 Å². The third-order valence-corrected chi connectivity index (χ3v) is 6.63. The number of non-ortho nitro benzene ring substituents is 1. The van der Waals surface area contributed by atoms with Gasteiger partial charge in [0.05, 0.1) is 23.8 Å². The highest BCUT2D eigenvalue weighted by molar-refractivity contribution is 7.89. The van der Waals surface area contributed by atoms with Crippen LogP contribution in [-0.2, 0) is 21.3 Å². The summed E-state index contributed by atoms with van der Waals surface area (Å²) in [5.74, 6) is -0.205. The van der Waals surface area contributed by atoms with Crippen LogP contribution in [-0.4, -0.2) is 56.9 Å². The molecule has 160 valence electrons. The Morgan fingerprint density at radius 2 is 1.83 bits per heavy atom. The summed E-state index contributed by atoms with van der Waals surface area (Å²) >= 11 is 0. The van der Waals surface area contributed by atoms with E-state index in [1.807, 2.05) is 0 Å². The van der Waals surface area contributed by atoms with Gasteiger partial charge in [0.15, 0.2) is 0 Å². The van der Waals surface area contributed by atoms with E-state index in [1.165, 1.54) is 16.4 Å². The zero-order chi connectivity index (χ0) is 21.7. The van der Waals surface area contributed by atoms with Gasteiger partial charge in [0.1, 0.15) is 4.90 Å². The van der Waals surface area contributed by atoms with Crippen molar-refractivity contribution in [2.45, 2.75) is 11.4 Å². The van der Waals surface area contributed by atoms with E-state index in [2.05, 4.69) is 10.6 Å². The molecule has 1 heterocycles. The average Bonchev–Trinajstić information content (AvgIpc) is 2.77. The van der Waals surface area contributed by atoms with Crippen molar-refractivity contribution < 1.29 is 22.9 Å². The lowest BCUT2D eigenvalue weighted by molar-refractivity contribution is -0.385. The number of anilines is 1. The molecular weight excluding hydrogens is 412 g/mol. The van der Waals surface area contributed by atoms with Crippen molar-refractivity contribution in [1.29, 1.82) is 0 Å². The van der Waals surface area contributed by atoms with Gasteiger partial charge < -0.3 is 15.4 Å². The molecule has 0 aromatic heterocycles. The van der Waals surface area contributed by atoms with E-state index in [0.717, 1.165) is 11.6 Å². The zero-order valence-corrected chi connectivity index (χ0v) is 17.1. The van der Waals surface area contributed by atoms with E-state index in [0.29, 0.717) is 5.56 Å². The number of carbonyl (C=O) groups excluding carboxylic acids is 1. The number of amides is 1. The van der Waals surface area contributed by atoms with Crippen LogP contribution < -0.4 is 10.6 Å². The number of hydrogen-bond acceptors (Lipinski definition) is 7. The second-order valence-corrected chi connectivity index (χ2v) is 8.49. The number of morpholine rings is 1. The fourth-order valence-corrected chi connectivity index (χ4v) is 4.62. The van der Waals surface area contributed by atoms with Crippen molar-refractivity contribution in [2.75, 3.05) is 38.7 Å². The monoisotopic (exact) mass is 434 g/mol. The Balaban J connectivity index is 1.87. The summed E-state index contributed by atoms with van der Waals surface area (Å²) in [5, 5.41) is 16.8. The van der Waals surface area contributed by atoms with Crippen molar-refractivity contribution in [2.24, 2.45) is 0 Å². The van der Waals surface area contributed by atoms with Gasteiger partial charge in [-0.1, -0.05) is 12.1 Å². The highest BCUT2D eigenvalue weighted by Crippen LogP contribution is 2.30. The molecule has 0 unspecified atom stereocenters. The van der Waals surface area contributed by atoms with E-state index in [9.17, 15) is 23.3 Å². The molecule has 2 aromatic carbocycles. The van der Waals surface area contributed by atoms with Gasteiger partial charge in [-0.2, -0.15) is 4.31 Å². The minimum atomic E-state index is -3.94. The van der Waals surface area contributed by atoms with Gasteiger partial charge >= 0.3 is 0 Å². The van der Waals surface area contributed by atoms with Crippen molar-refractivity contribution in [3.63, 3.8) is 0 Å². The highest BCUT2D eigenvalue weighted by atomic mass is 32.2. The van der Waals surface area contributed by atoms with Gasteiger partial charge in [0, 0.05) is 44.4 Å². The number of benzene rings is 2. The molecule has 1 aliphatic heterocycles. The topological polar surface area (TPSA) is 131 Å². The maximum absolute atomic E-state index is 13.1. The van der Waals surface area contributed by atoms with Gasteiger partial charge in [-0.25, -0.2) is 8.42 Å². The molecule has 0 bridgehead atoms. The van der Waals surface area contributed by atoms with E-state index in [-0.39, 0.29) is 55.0 Å². The second kappa shape index (κ2) is 9.20. The number of sulfonamides is 1. The Morgan fingerprint density at radius 1 is 1.17 bits per heavy atom. The smallest absolute Gasteiger partial charge is 0.270 e. The van der Waals surface area contributed by atoms with E-state index < -0.39 is 14.9 Å². The molecule has 2 aromatic rings. The first-order valence-corrected chi connectivity index (χ1v) is 10.7. The average molecular weight is 434 g/mol. The van der Waals surface area contributed by atoms with Crippen LogP contribution in [0, 0.1) is 10.1 Å². The number of nitrogens with one attached hydrogen (secondary N) is 2. The third-order valence-electron chi connectivity index (χ3n) is 4.69. The first-order chi connectivity index (χ1) is 14.3. The summed E-state index contributed by atoms with van der Waals surface area (Å²) in [6.07, 6.45) is 0. The predicted octanol–water partition coefficient (Wildman–Crippen LogP) is 1.59. The Labute approximate surface area is 174 Å². The van der Waals surface area contributed by atoms with Gasteiger partial charge in [-0.3, -0.25) is 14.9 Å². The molecule has 0 atom stereocenters. The minimum Gasteiger partial charge on any atom is -0.380 e. The van der Waals surface area contributed by atoms with Crippen LogP contribution in [0.25, 0.3) is 0 Å². The summed E-state index contributed by atoms with van der Waals surface area (Å²) in [7, 11) is -2.40. The van der Waals surface area contributed by atoms with Gasteiger partial charge in [-0.15, -0.1) is 0 Å². The zero-order valence-electron chi connectivity index (χ0n) is 16.3. The summed E-state index contributed by atoms with van der Waals surface area (Å²) in [5.41, 5.74) is 1.28. The van der Waals surface area contributed by atoms with E-state index in [4.69, 9.17) is 4.74 Å². The normalized spacial score (nSPS) is 14.8. The van der Waals surface area contributed by atoms with Crippen LogP contribution in [0.5, 0.6) is 0 Å². The number of nitro groups is 1. The molecular formula is C19H22N4O6S.